The third kappa shape index (κ3) is 4.10. The number of nitrogens with zero attached hydrogens (tertiary/aromatic N) is 1. The zero-order valence-corrected chi connectivity index (χ0v) is 12.0. The average molecular weight is 289 g/mol. The Morgan fingerprint density at radius 1 is 1.14 bits per heavy atom. The fourth-order valence-electron chi connectivity index (χ4n) is 1.94. The highest BCUT2D eigenvalue weighted by molar-refractivity contribution is 5.42. The minimum absolute atomic E-state index is 0.0419. The monoisotopic (exact) mass is 289 g/mol. The van der Waals surface area contributed by atoms with Gasteiger partial charge in [0.15, 0.2) is 11.5 Å². The minimum atomic E-state index is -0.0539. The Morgan fingerprint density at radius 2 is 2.00 bits per heavy atom. The van der Waals surface area contributed by atoms with Crippen LogP contribution in [-0.2, 0) is 13.2 Å². The molecule has 0 saturated heterocycles. The molecule has 5 heteroatoms. The maximum Gasteiger partial charge on any atom is 0.250 e. The largest absolute Gasteiger partial charge is 0.490 e. The molecule has 2 aromatic rings. The molecule has 0 saturated carbocycles. The molecule has 0 aliphatic rings. The van der Waals surface area contributed by atoms with E-state index in [1.165, 1.54) is 6.07 Å². The van der Waals surface area contributed by atoms with Crippen molar-refractivity contribution in [3.05, 3.63) is 58.5 Å². The number of benzene rings is 1. The molecule has 5 nitrogen and oxygen atoms in total. The smallest absolute Gasteiger partial charge is 0.250 e. The number of aliphatic hydroxyl groups is 1. The van der Waals surface area contributed by atoms with Gasteiger partial charge in [-0.3, -0.25) is 4.79 Å². The maximum absolute atomic E-state index is 11.6. The summed E-state index contributed by atoms with van der Waals surface area (Å²) in [4.78, 5) is 11.6. The van der Waals surface area contributed by atoms with Crippen molar-refractivity contribution in [1.29, 1.82) is 0 Å². The summed E-state index contributed by atoms with van der Waals surface area (Å²) in [5.41, 5.74) is 0.715. The van der Waals surface area contributed by atoms with E-state index in [-0.39, 0.29) is 12.2 Å². The third-order valence-corrected chi connectivity index (χ3v) is 2.98. The molecule has 0 unspecified atom stereocenters. The normalized spacial score (nSPS) is 10.4. The molecule has 0 aliphatic carbocycles. The van der Waals surface area contributed by atoms with Gasteiger partial charge in [-0.15, -0.1) is 0 Å². The standard InChI is InChI=1S/C16H19NO4/c1-2-20-15-11-13(12-18)6-7-14(15)21-10-9-17-8-4-3-5-16(17)19/h3-8,11,18H,2,9-10,12H2,1H3. The van der Waals surface area contributed by atoms with Crippen molar-refractivity contribution in [2.45, 2.75) is 20.1 Å². The molecule has 0 aliphatic heterocycles. The lowest BCUT2D eigenvalue weighted by atomic mass is 10.2. The Labute approximate surface area is 123 Å². The van der Waals surface area contributed by atoms with Gasteiger partial charge in [0.25, 0.3) is 5.56 Å². The van der Waals surface area contributed by atoms with Crippen molar-refractivity contribution < 1.29 is 14.6 Å². The van der Waals surface area contributed by atoms with Crippen LogP contribution >= 0.6 is 0 Å². The van der Waals surface area contributed by atoms with Gasteiger partial charge in [0.2, 0.25) is 0 Å². The van der Waals surface area contributed by atoms with Crippen molar-refractivity contribution in [2.75, 3.05) is 13.2 Å². The molecule has 0 bridgehead atoms. The van der Waals surface area contributed by atoms with Crippen LogP contribution in [0.3, 0.4) is 0 Å². The van der Waals surface area contributed by atoms with Gasteiger partial charge in [0, 0.05) is 12.3 Å². The first-order valence-corrected chi connectivity index (χ1v) is 6.89. The van der Waals surface area contributed by atoms with Crippen LogP contribution in [0.5, 0.6) is 11.5 Å². The molecule has 2 rings (SSSR count). The fraction of sp³-hybridized carbons (Fsp3) is 0.312. The summed E-state index contributed by atoms with van der Waals surface area (Å²) >= 11 is 0. The first-order chi connectivity index (χ1) is 10.2. The van der Waals surface area contributed by atoms with Gasteiger partial charge in [-0.2, -0.15) is 0 Å². The summed E-state index contributed by atoms with van der Waals surface area (Å²) in [5.74, 6) is 1.21. The van der Waals surface area contributed by atoms with Gasteiger partial charge < -0.3 is 19.1 Å². The molecule has 0 amide bonds. The summed E-state index contributed by atoms with van der Waals surface area (Å²) in [6.07, 6.45) is 1.73. The average Bonchev–Trinajstić information content (AvgIpc) is 2.51. The lowest BCUT2D eigenvalue weighted by Crippen LogP contribution is -2.21. The summed E-state index contributed by atoms with van der Waals surface area (Å²) in [6, 6.07) is 10.3. The predicted molar refractivity (Wildman–Crippen MR) is 79.7 cm³/mol. The van der Waals surface area contributed by atoms with Crippen LogP contribution in [0.2, 0.25) is 0 Å². The summed E-state index contributed by atoms with van der Waals surface area (Å²) in [7, 11) is 0. The van der Waals surface area contributed by atoms with Crippen molar-refractivity contribution in [3.8, 4) is 11.5 Å². The SMILES string of the molecule is CCOc1cc(CO)ccc1OCCn1ccccc1=O. The second kappa shape index (κ2) is 7.50. The Bertz CT molecular complexity index is 636. The quantitative estimate of drug-likeness (QED) is 0.844. The molecule has 1 N–H and O–H groups in total. The zero-order chi connectivity index (χ0) is 15.1. The number of pyridine rings is 1. The van der Waals surface area contributed by atoms with E-state index in [1.807, 2.05) is 13.0 Å². The number of ether oxygens (including phenoxy) is 2. The Hall–Kier alpha value is -2.27. The highest BCUT2D eigenvalue weighted by Gasteiger charge is 2.06. The summed E-state index contributed by atoms with van der Waals surface area (Å²) < 4.78 is 12.8. The molecule has 1 heterocycles. The lowest BCUT2D eigenvalue weighted by Gasteiger charge is -2.13. The van der Waals surface area contributed by atoms with Crippen LogP contribution in [-0.4, -0.2) is 22.9 Å². The van der Waals surface area contributed by atoms with Crippen molar-refractivity contribution in [3.63, 3.8) is 0 Å². The molecule has 0 atom stereocenters. The molecule has 21 heavy (non-hydrogen) atoms. The van der Waals surface area contributed by atoms with Gasteiger partial charge in [-0.05, 0) is 30.7 Å². The topological polar surface area (TPSA) is 60.7 Å². The molecular weight excluding hydrogens is 270 g/mol. The molecule has 0 spiro atoms. The van der Waals surface area contributed by atoms with Crippen LogP contribution in [0.25, 0.3) is 0 Å². The molecule has 1 aromatic heterocycles. The molecular formula is C16H19NO4. The highest BCUT2D eigenvalue weighted by Crippen LogP contribution is 2.28. The number of rotatable bonds is 7. The summed E-state index contributed by atoms with van der Waals surface area (Å²) in [5, 5.41) is 9.14. The van der Waals surface area contributed by atoms with Crippen molar-refractivity contribution >= 4 is 0 Å². The number of aromatic nitrogens is 1. The van der Waals surface area contributed by atoms with E-state index >= 15 is 0 Å². The Morgan fingerprint density at radius 3 is 2.71 bits per heavy atom. The number of aliphatic hydroxyl groups excluding tert-OH is 1. The maximum atomic E-state index is 11.6. The van der Waals surface area contributed by atoms with E-state index in [2.05, 4.69) is 0 Å². The summed E-state index contributed by atoms with van der Waals surface area (Å²) in [6.45, 7) is 3.19. The Kier molecular flexibility index (Phi) is 5.40. The molecule has 112 valence electrons. The van der Waals surface area contributed by atoms with Crippen molar-refractivity contribution in [2.24, 2.45) is 0 Å². The zero-order valence-electron chi connectivity index (χ0n) is 12.0. The van der Waals surface area contributed by atoms with E-state index in [1.54, 1.807) is 35.0 Å². The van der Waals surface area contributed by atoms with E-state index in [0.29, 0.717) is 31.3 Å². The minimum Gasteiger partial charge on any atom is -0.490 e. The number of hydrogen-bond donors (Lipinski definition) is 1. The third-order valence-electron chi connectivity index (χ3n) is 2.98. The second-order valence-corrected chi connectivity index (χ2v) is 4.45. The first kappa shape index (κ1) is 15.1. The van der Waals surface area contributed by atoms with Gasteiger partial charge in [0.1, 0.15) is 6.61 Å². The van der Waals surface area contributed by atoms with E-state index in [0.717, 1.165) is 5.56 Å². The molecule has 0 fully saturated rings. The van der Waals surface area contributed by atoms with Crippen LogP contribution in [0.15, 0.2) is 47.4 Å². The van der Waals surface area contributed by atoms with Crippen LogP contribution in [0.4, 0.5) is 0 Å². The van der Waals surface area contributed by atoms with Crippen LogP contribution in [0.1, 0.15) is 12.5 Å². The van der Waals surface area contributed by atoms with Crippen LogP contribution in [0, 0.1) is 0 Å². The van der Waals surface area contributed by atoms with Crippen molar-refractivity contribution in [1.82, 2.24) is 4.57 Å². The Balaban J connectivity index is 2.02. The fourth-order valence-corrected chi connectivity index (χ4v) is 1.94. The number of hydrogen-bond acceptors (Lipinski definition) is 4. The lowest BCUT2D eigenvalue weighted by molar-refractivity contribution is 0.261. The highest BCUT2D eigenvalue weighted by atomic mass is 16.5. The predicted octanol–water partition coefficient (Wildman–Crippen LogP) is 1.82. The van der Waals surface area contributed by atoms with Gasteiger partial charge in [0.05, 0.1) is 19.8 Å². The van der Waals surface area contributed by atoms with Gasteiger partial charge >= 0.3 is 0 Å². The van der Waals surface area contributed by atoms with E-state index < -0.39 is 0 Å². The second-order valence-electron chi connectivity index (χ2n) is 4.45. The molecule has 1 aromatic carbocycles. The first-order valence-electron chi connectivity index (χ1n) is 6.89. The van der Waals surface area contributed by atoms with Crippen LogP contribution < -0.4 is 15.0 Å². The van der Waals surface area contributed by atoms with E-state index in [4.69, 9.17) is 14.6 Å². The molecule has 0 radical (unpaired) electrons. The van der Waals surface area contributed by atoms with Gasteiger partial charge in [-0.25, -0.2) is 0 Å². The van der Waals surface area contributed by atoms with E-state index in [9.17, 15) is 4.79 Å². The van der Waals surface area contributed by atoms with Gasteiger partial charge in [-0.1, -0.05) is 12.1 Å².